The van der Waals surface area contributed by atoms with Crippen molar-refractivity contribution in [3.05, 3.63) is 24.7 Å². The summed E-state index contributed by atoms with van der Waals surface area (Å²) in [7, 11) is 0. The fraction of sp³-hybridized carbons (Fsp3) is 0.636. The summed E-state index contributed by atoms with van der Waals surface area (Å²) in [5, 5.41) is 0. The van der Waals surface area contributed by atoms with E-state index in [1.165, 1.54) is 0 Å². The molecule has 0 bridgehead atoms. The summed E-state index contributed by atoms with van der Waals surface area (Å²) in [5.74, 6) is 0.641. The van der Waals surface area contributed by atoms with E-state index in [0.29, 0.717) is 5.76 Å². The monoisotopic (exact) mass is 198 g/mol. The van der Waals surface area contributed by atoms with Crippen LogP contribution in [-0.2, 0) is 14.2 Å². The van der Waals surface area contributed by atoms with E-state index < -0.39 is 0 Å². The van der Waals surface area contributed by atoms with E-state index in [0.717, 1.165) is 6.42 Å². The first-order valence-electron chi connectivity index (χ1n) is 4.93. The highest BCUT2D eigenvalue weighted by atomic mass is 16.7. The van der Waals surface area contributed by atoms with E-state index in [9.17, 15) is 0 Å². The average Bonchev–Trinajstić information content (AvgIpc) is 2.81. The highest BCUT2D eigenvalue weighted by Crippen LogP contribution is 2.28. The topological polar surface area (TPSA) is 31.0 Å². The van der Waals surface area contributed by atoms with Crippen molar-refractivity contribution in [2.45, 2.75) is 45.7 Å². The van der Waals surface area contributed by atoms with Gasteiger partial charge in [0.1, 0.15) is 0 Å². The van der Waals surface area contributed by atoms with Crippen LogP contribution < -0.4 is 0 Å². The first-order chi connectivity index (χ1) is 6.65. The van der Waals surface area contributed by atoms with Crippen molar-refractivity contribution in [2.24, 2.45) is 0 Å². The van der Waals surface area contributed by atoms with Crippen LogP contribution in [-0.4, -0.2) is 18.5 Å². The summed E-state index contributed by atoms with van der Waals surface area (Å²) >= 11 is 0. The van der Waals surface area contributed by atoms with E-state index in [1.54, 1.807) is 13.2 Å². The maximum absolute atomic E-state index is 5.40. The summed E-state index contributed by atoms with van der Waals surface area (Å²) in [5.41, 5.74) is 0. The number of allylic oxidation sites excluding steroid dienone is 2. The van der Waals surface area contributed by atoms with Crippen molar-refractivity contribution in [2.75, 3.05) is 0 Å². The lowest BCUT2D eigenvalue weighted by Crippen LogP contribution is -2.21. The fourth-order valence-electron chi connectivity index (χ4n) is 1.09. The van der Waals surface area contributed by atoms with Crippen LogP contribution in [0.25, 0.3) is 0 Å². The molecule has 0 aromatic heterocycles. The Morgan fingerprint density at radius 3 is 2.71 bits per heavy atom. The van der Waals surface area contributed by atoms with Crippen molar-refractivity contribution in [1.82, 2.24) is 0 Å². The maximum Gasteiger partial charge on any atom is 0.268 e. The molecule has 14 heavy (non-hydrogen) atoms. The SMILES string of the molecule is C=C(C)OC(OC=CCC)C1OC1C. The zero-order valence-electron chi connectivity index (χ0n) is 9.03. The Balaban J connectivity index is 2.37. The highest BCUT2D eigenvalue weighted by Gasteiger charge is 2.44. The maximum atomic E-state index is 5.40. The van der Waals surface area contributed by atoms with Gasteiger partial charge in [0, 0.05) is 0 Å². The van der Waals surface area contributed by atoms with E-state index >= 15 is 0 Å². The van der Waals surface area contributed by atoms with Gasteiger partial charge >= 0.3 is 0 Å². The Labute approximate surface area is 85.3 Å². The molecule has 3 nitrogen and oxygen atoms in total. The van der Waals surface area contributed by atoms with Crippen LogP contribution >= 0.6 is 0 Å². The predicted octanol–water partition coefficient (Wildman–Crippen LogP) is 2.59. The predicted molar refractivity (Wildman–Crippen MR) is 54.5 cm³/mol. The lowest BCUT2D eigenvalue weighted by atomic mass is 10.3. The van der Waals surface area contributed by atoms with Gasteiger partial charge in [-0.3, -0.25) is 0 Å². The summed E-state index contributed by atoms with van der Waals surface area (Å²) in [6.45, 7) is 9.51. The van der Waals surface area contributed by atoms with Crippen LogP contribution in [0.1, 0.15) is 27.2 Å². The Morgan fingerprint density at radius 1 is 1.64 bits per heavy atom. The lowest BCUT2D eigenvalue weighted by Gasteiger charge is -2.16. The van der Waals surface area contributed by atoms with Crippen LogP contribution in [0, 0.1) is 0 Å². The molecule has 0 amide bonds. The number of hydrogen-bond acceptors (Lipinski definition) is 3. The minimum absolute atomic E-state index is 0.0354. The minimum Gasteiger partial charge on any atom is -0.460 e. The van der Waals surface area contributed by atoms with Gasteiger partial charge < -0.3 is 14.2 Å². The van der Waals surface area contributed by atoms with Crippen molar-refractivity contribution in [3.63, 3.8) is 0 Å². The van der Waals surface area contributed by atoms with Crippen LogP contribution in [0.4, 0.5) is 0 Å². The van der Waals surface area contributed by atoms with Crippen molar-refractivity contribution in [1.29, 1.82) is 0 Å². The Bertz CT molecular complexity index is 223. The molecule has 1 saturated heterocycles. The molecular formula is C11H18O3. The van der Waals surface area contributed by atoms with E-state index in [-0.39, 0.29) is 18.5 Å². The fourth-order valence-corrected chi connectivity index (χ4v) is 1.09. The second kappa shape index (κ2) is 5.05. The second-order valence-electron chi connectivity index (χ2n) is 3.41. The van der Waals surface area contributed by atoms with Crippen LogP contribution in [0.3, 0.4) is 0 Å². The molecule has 80 valence electrons. The minimum atomic E-state index is -0.356. The van der Waals surface area contributed by atoms with Crippen LogP contribution in [0.2, 0.25) is 0 Å². The van der Waals surface area contributed by atoms with Gasteiger partial charge in [-0.15, -0.1) is 0 Å². The Hall–Kier alpha value is -0.960. The van der Waals surface area contributed by atoms with Gasteiger partial charge in [-0.1, -0.05) is 13.5 Å². The third kappa shape index (κ3) is 3.42. The molecule has 3 atom stereocenters. The molecule has 1 heterocycles. The van der Waals surface area contributed by atoms with Gasteiger partial charge in [0.15, 0.2) is 6.10 Å². The third-order valence-corrected chi connectivity index (χ3v) is 1.89. The normalized spacial score (nSPS) is 27.4. The Morgan fingerprint density at radius 2 is 2.29 bits per heavy atom. The first-order valence-corrected chi connectivity index (χ1v) is 4.93. The number of ether oxygens (including phenoxy) is 3. The molecule has 0 radical (unpaired) electrons. The smallest absolute Gasteiger partial charge is 0.268 e. The van der Waals surface area contributed by atoms with Crippen molar-refractivity contribution >= 4 is 0 Å². The van der Waals surface area contributed by atoms with E-state index in [2.05, 4.69) is 6.58 Å². The van der Waals surface area contributed by atoms with Crippen molar-refractivity contribution < 1.29 is 14.2 Å². The molecule has 0 aliphatic carbocycles. The molecule has 1 aliphatic rings. The summed E-state index contributed by atoms with van der Waals surface area (Å²) in [6, 6.07) is 0. The molecular weight excluding hydrogens is 180 g/mol. The number of epoxide rings is 1. The number of rotatable bonds is 6. The van der Waals surface area contributed by atoms with Crippen LogP contribution in [0.15, 0.2) is 24.7 Å². The second-order valence-corrected chi connectivity index (χ2v) is 3.41. The van der Waals surface area contributed by atoms with E-state index in [4.69, 9.17) is 14.2 Å². The third-order valence-electron chi connectivity index (χ3n) is 1.89. The quantitative estimate of drug-likeness (QED) is 0.373. The van der Waals surface area contributed by atoms with Crippen LogP contribution in [0.5, 0.6) is 0 Å². The van der Waals surface area contributed by atoms with Gasteiger partial charge in [0.25, 0.3) is 6.29 Å². The largest absolute Gasteiger partial charge is 0.460 e. The van der Waals surface area contributed by atoms with Gasteiger partial charge in [0.2, 0.25) is 0 Å². The first kappa shape index (κ1) is 11.1. The molecule has 1 aliphatic heterocycles. The molecule has 0 N–H and O–H groups in total. The zero-order valence-corrected chi connectivity index (χ0v) is 9.03. The average molecular weight is 198 g/mol. The molecule has 0 aromatic carbocycles. The molecule has 1 fully saturated rings. The zero-order chi connectivity index (χ0) is 10.6. The van der Waals surface area contributed by atoms with Gasteiger partial charge in [-0.05, 0) is 26.3 Å². The van der Waals surface area contributed by atoms with Crippen molar-refractivity contribution in [3.8, 4) is 0 Å². The molecule has 1 rings (SSSR count). The van der Waals surface area contributed by atoms with Gasteiger partial charge in [0.05, 0.1) is 18.1 Å². The molecule has 3 heteroatoms. The van der Waals surface area contributed by atoms with Gasteiger partial charge in [-0.2, -0.15) is 0 Å². The standard InChI is InChI=1S/C11H18O3/c1-5-6-7-12-11(13-8(2)3)10-9(4)14-10/h6-7,9-11H,2,5H2,1,3-4H3. The lowest BCUT2D eigenvalue weighted by molar-refractivity contribution is -0.0883. The summed E-state index contributed by atoms with van der Waals surface area (Å²) < 4.78 is 16.1. The Kier molecular flexibility index (Phi) is 4.01. The van der Waals surface area contributed by atoms with Gasteiger partial charge in [-0.25, -0.2) is 0 Å². The summed E-state index contributed by atoms with van der Waals surface area (Å²) in [6.07, 6.45) is 4.43. The molecule has 0 aromatic rings. The highest BCUT2D eigenvalue weighted by molar-refractivity contribution is 4.89. The molecule has 3 unspecified atom stereocenters. The number of hydrogen-bond donors (Lipinski definition) is 0. The summed E-state index contributed by atoms with van der Waals surface area (Å²) in [4.78, 5) is 0. The molecule has 0 saturated carbocycles. The molecule has 0 spiro atoms. The van der Waals surface area contributed by atoms with E-state index in [1.807, 2.05) is 19.9 Å².